The molecule has 0 amide bonds. The van der Waals surface area contributed by atoms with Crippen molar-refractivity contribution in [1.29, 1.82) is 5.26 Å². The summed E-state index contributed by atoms with van der Waals surface area (Å²) < 4.78 is 0.685. The molecule has 1 aliphatic rings. The van der Waals surface area contributed by atoms with E-state index in [0.29, 0.717) is 23.1 Å². The second kappa shape index (κ2) is 5.38. The maximum Gasteiger partial charge on any atom is 0.327 e. The smallest absolute Gasteiger partial charge is 0.327 e. The minimum absolute atomic E-state index is 0.424. The summed E-state index contributed by atoms with van der Waals surface area (Å²) in [7, 11) is 0. The van der Waals surface area contributed by atoms with E-state index >= 15 is 0 Å². The summed E-state index contributed by atoms with van der Waals surface area (Å²) in [4.78, 5) is 13.0. The Morgan fingerprint density at radius 1 is 1.61 bits per heavy atom. The molecule has 0 spiro atoms. The molecule has 1 aliphatic heterocycles. The van der Waals surface area contributed by atoms with Gasteiger partial charge >= 0.3 is 5.97 Å². The highest BCUT2D eigenvalue weighted by atomic mass is 79.9. The average molecular weight is 310 g/mol. The van der Waals surface area contributed by atoms with Crippen LogP contribution in [0.25, 0.3) is 0 Å². The zero-order valence-corrected chi connectivity index (χ0v) is 11.1. The molecular formula is C12H12BrN3O2. The predicted molar refractivity (Wildman–Crippen MR) is 70.5 cm³/mol. The Morgan fingerprint density at radius 3 is 3.00 bits per heavy atom. The Morgan fingerprint density at radius 2 is 2.39 bits per heavy atom. The van der Waals surface area contributed by atoms with E-state index < -0.39 is 12.0 Å². The van der Waals surface area contributed by atoms with Crippen LogP contribution < -0.4 is 10.2 Å². The van der Waals surface area contributed by atoms with Crippen molar-refractivity contribution in [3.63, 3.8) is 0 Å². The van der Waals surface area contributed by atoms with Crippen LogP contribution in [0, 0.1) is 11.3 Å². The number of carboxylic acid groups (broad SMARTS) is 1. The summed E-state index contributed by atoms with van der Waals surface area (Å²) in [5, 5.41) is 21.1. The Labute approximate surface area is 113 Å². The number of carboxylic acids is 1. The molecule has 1 heterocycles. The fourth-order valence-corrected chi connectivity index (χ4v) is 2.46. The molecule has 0 aliphatic carbocycles. The SMILES string of the molecule is N#Cc1ccc(N2CCNCC2C(=O)O)cc1Br. The van der Waals surface area contributed by atoms with Crippen molar-refractivity contribution in [2.45, 2.75) is 6.04 Å². The Kier molecular flexibility index (Phi) is 3.84. The standard InChI is InChI=1S/C12H12BrN3O2/c13-10-5-9(2-1-8(10)6-14)16-4-3-15-7-11(16)12(17)18/h1-2,5,11,15H,3-4,7H2,(H,17,18). The number of carbonyl (C=O) groups is 1. The van der Waals surface area contributed by atoms with Crippen molar-refractivity contribution in [3.05, 3.63) is 28.2 Å². The van der Waals surface area contributed by atoms with E-state index in [-0.39, 0.29) is 0 Å². The van der Waals surface area contributed by atoms with E-state index in [1.807, 2.05) is 4.90 Å². The molecule has 1 aromatic carbocycles. The molecule has 2 N–H and O–H groups in total. The molecule has 1 unspecified atom stereocenters. The molecule has 1 atom stereocenters. The monoisotopic (exact) mass is 309 g/mol. The number of aliphatic carboxylic acids is 1. The van der Waals surface area contributed by atoms with Crippen LogP contribution in [0.2, 0.25) is 0 Å². The number of piperazine rings is 1. The normalized spacial score (nSPS) is 19.3. The van der Waals surface area contributed by atoms with Gasteiger partial charge in [-0.3, -0.25) is 0 Å². The molecular weight excluding hydrogens is 298 g/mol. The van der Waals surface area contributed by atoms with Crippen LogP contribution >= 0.6 is 15.9 Å². The van der Waals surface area contributed by atoms with Crippen LogP contribution in [-0.2, 0) is 4.79 Å². The lowest BCUT2D eigenvalue weighted by atomic mass is 10.1. The zero-order chi connectivity index (χ0) is 13.1. The highest BCUT2D eigenvalue weighted by Crippen LogP contribution is 2.25. The van der Waals surface area contributed by atoms with E-state index in [1.165, 1.54) is 0 Å². The number of hydrogen-bond acceptors (Lipinski definition) is 4. The Balaban J connectivity index is 2.32. The van der Waals surface area contributed by atoms with Gasteiger partial charge in [-0.15, -0.1) is 0 Å². The van der Waals surface area contributed by atoms with Crippen molar-refractivity contribution in [2.75, 3.05) is 24.5 Å². The highest BCUT2D eigenvalue weighted by molar-refractivity contribution is 9.10. The van der Waals surface area contributed by atoms with Crippen LogP contribution in [0.3, 0.4) is 0 Å². The van der Waals surface area contributed by atoms with Crippen LogP contribution in [0.15, 0.2) is 22.7 Å². The summed E-state index contributed by atoms with van der Waals surface area (Å²) in [6, 6.07) is 6.76. The van der Waals surface area contributed by atoms with E-state index in [9.17, 15) is 9.90 Å². The maximum atomic E-state index is 11.2. The first kappa shape index (κ1) is 12.9. The number of halogens is 1. The van der Waals surface area contributed by atoms with Gasteiger partial charge in [-0.25, -0.2) is 4.79 Å². The van der Waals surface area contributed by atoms with Crippen LogP contribution in [0.4, 0.5) is 5.69 Å². The van der Waals surface area contributed by atoms with Gasteiger partial charge in [0.05, 0.1) is 5.56 Å². The first-order chi connectivity index (χ1) is 8.63. The van der Waals surface area contributed by atoms with Crippen LogP contribution in [0.1, 0.15) is 5.56 Å². The third kappa shape index (κ3) is 2.47. The molecule has 0 saturated carbocycles. The summed E-state index contributed by atoms with van der Waals surface area (Å²) in [6.07, 6.45) is 0. The number of rotatable bonds is 2. The van der Waals surface area contributed by atoms with Crippen molar-refractivity contribution in [1.82, 2.24) is 5.32 Å². The fraction of sp³-hybridized carbons (Fsp3) is 0.333. The highest BCUT2D eigenvalue weighted by Gasteiger charge is 2.28. The van der Waals surface area contributed by atoms with Gasteiger partial charge in [0.15, 0.2) is 0 Å². The Bertz CT molecular complexity index is 513. The van der Waals surface area contributed by atoms with Gasteiger partial charge in [-0.2, -0.15) is 5.26 Å². The lowest BCUT2D eigenvalue weighted by Crippen LogP contribution is -2.55. The first-order valence-corrected chi connectivity index (χ1v) is 6.32. The van der Waals surface area contributed by atoms with Crippen molar-refractivity contribution < 1.29 is 9.90 Å². The van der Waals surface area contributed by atoms with Gasteiger partial charge in [0.1, 0.15) is 12.1 Å². The molecule has 18 heavy (non-hydrogen) atoms. The van der Waals surface area contributed by atoms with Crippen LogP contribution in [-0.4, -0.2) is 36.8 Å². The quantitative estimate of drug-likeness (QED) is 0.858. The van der Waals surface area contributed by atoms with E-state index in [0.717, 1.165) is 12.2 Å². The number of hydrogen-bond donors (Lipinski definition) is 2. The zero-order valence-electron chi connectivity index (χ0n) is 9.56. The largest absolute Gasteiger partial charge is 0.480 e. The summed E-state index contributed by atoms with van der Waals surface area (Å²) in [6.45, 7) is 1.81. The minimum Gasteiger partial charge on any atom is -0.480 e. The van der Waals surface area contributed by atoms with Gasteiger partial charge in [0, 0.05) is 29.8 Å². The topological polar surface area (TPSA) is 76.4 Å². The minimum atomic E-state index is -0.845. The molecule has 94 valence electrons. The lowest BCUT2D eigenvalue weighted by Gasteiger charge is -2.35. The number of nitrogens with zero attached hydrogens (tertiary/aromatic N) is 2. The van der Waals surface area contributed by atoms with Gasteiger partial charge in [0.25, 0.3) is 0 Å². The van der Waals surface area contributed by atoms with Crippen LogP contribution in [0.5, 0.6) is 0 Å². The number of benzene rings is 1. The molecule has 0 radical (unpaired) electrons. The number of nitrogens with one attached hydrogen (secondary N) is 1. The molecule has 1 fully saturated rings. The molecule has 1 saturated heterocycles. The van der Waals surface area contributed by atoms with Crippen molar-refractivity contribution in [3.8, 4) is 6.07 Å². The average Bonchev–Trinajstić information content (AvgIpc) is 2.38. The lowest BCUT2D eigenvalue weighted by molar-refractivity contribution is -0.138. The van der Waals surface area contributed by atoms with E-state index in [2.05, 4.69) is 27.3 Å². The molecule has 6 heteroatoms. The molecule has 1 aromatic rings. The fourth-order valence-electron chi connectivity index (χ4n) is 2.01. The third-order valence-corrected chi connectivity index (χ3v) is 3.59. The van der Waals surface area contributed by atoms with E-state index in [4.69, 9.17) is 5.26 Å². The summed E-state index contributed by atoms with van der Waals surface area (Å²) in [5.74, 6) is -0.845. The second-order valence-electron chi connectivity index (χ2n) is 4.03. The molecule has 5 nitrogen and oxygen atoms in total. The van der Waals surface area contributed by atoms with Gasteiger partial charge < -0.3 is 15.3 Å². The van der Waals surface area contributed by atoms with Crippen molar-refractivity contribution >= 4 is 27.6 Å². The number of nitriles is 1. The van der Waals surface area contributed by atoms with Crippen molar-refractivity contribution in [2.24, 2.45) is 0 Å². The molecule has 0 aromatic heterocycles. The first-order valence-electron chi connectivity index (χ1n) is 5.53. The summed E-state index contributed by atoms with van der Waals surface area (Å²) >= 11 is 3.32. The Hall–Kier alpha value is -1.58. The van der Waals surface area contributed by atoms with Gasteiger partial charge in [-0.1, -0.05) is 0 Å². The predicted octanol–water partition coefficient (Wildman–Crippen LogP) is 1.18. The molecule has 2 rings (SSSR count). The van der Waals surface area contributed by atoms with E-state index in [1.54, 1.807) is 18.2 Å². The second-order valence-corrected chi connectivity index (χ2v) is 4.88. The maximum absolute atomic E-state index is 11.2. The third-order valence-electron chi connectivity index (χ3n) is 2.93. The van der Waals surface area contributed by atoms with Gasteiger partial charge in [-0.05, 0) is 34.1 Å². The number of anilines is 1. The molecule has 0 bridgehead atoms. The van der Waals surface area contributed by atoms with Gasteiger partial charge in [0.2, 0.25) is 0 Å². The summed E-state index contributed by atoms with van der Waals surface area (Å²) in [5.41, 5.74) is 1.36.